The molecule has 0 aromatic heterocycles. The summed E-state index contributed by atoms with van der Waals surface area (Å²) in [6.45, 7) is -0.351. The van der Waals surface area contributed by atoms with Crippen LogP contribution in [0, 0.1) is 5.82 Å². The van der Waals surface area contributed by atoms with E-state index in [1.165, 1.54) is 12.1 Å². The molecule has 15 heavy (non-hydrogen) atoms. The van der Waals surface area contributed by atoms with Gasteiger partial charge in [0.25, 0.3) is 0 Å². The van der Waals surface area contributed by atoms with Gasteiger partial charge in [-0.25, -0.2) is 4.39 Å². The van der Waals surface area contributed by atoms with Crippen LogP contribution in [0.2, 0.25) is 0 Å². The Kier molecular flexibility index (Phi) is 3.76. The molecule has 82 valence electrons. The van der Waals surface area contributed by atoms with Gasteiger partial charge in [0, 0.05) is 0 Å². The summed E-state index contributed by atoms with van der Waals surface area (Å²) in [6.07, 6.45) is -0.233. The van der Waals surface area contributed by atoms with Gasteiger partial charge in [-0.1, -0.05) is 6.07 Å². The highest BCUT2D eigenvalue weighted by Crippen LogP contribution is 2.18. The van der Waals surface area contributed by atoms with Crippen molar-refractivity contribution in [2.75, 3.05) is 6.61 Å². The molecule has 4 N–H and O–H groups in total. The van der Waals surface area contributed by atoms with E-state index in [1.54, 1.807) is 0 Å². The Morgan fingerprint density at radius 2 is 2.20 bits per heavy atom. The highest BCUT2D eigenvalue weighted by molar-refractivity contribution is 5.70. The van der Waals surface area contributed by atoms with E-state index in [0.29, 0.717) is 11.1 Å². The van der Waals surface area contributed by atoms with E-state index in [-0.39, 0.29) is 13.0 Å². The molecule has 4 nitrogen and oxygen atoms in total. The van der Waals surface area contributed by atoms with Gasteiger partial charge in [0.15, 0.2) is 0 Å². The van der Waals surface area contributed by atoms with Crippen molar-refractivity contribution in [3.05, 3.63) is 35.1 Å². The molecule has 0 amide bonds. The van der Waals surface area contributed by atoms with Gasteiger partial charge in [-0.15, -0.1) is 0 Å². The smallest absolute Gasteiger partial charge is 0.307 e. The molecule has 5 heteroatoms. The van der Waals surface area contributed by atoms with E-state index in [2.05, 4.69) is 0 Å². The fourth-order valence-electron chi connectivity index (χ4n) is 1.33. The van der Waals surface area contributed by atoms with Crippen molar-refractivity contribution >= 4 is 5.97 Å². The summed E-state index contributed by atoms with van der Waals surface area (Å²) >= 11 is 0. The first-order valence-electron chi connectivity index (χ1n) is 4.41. The number of carboxylic acid groups (broad SMARTS) is 1. The van der Waals surface area contributed by atoms with Crippen LogP contribution in [0.15, 0.2) is 18.2 Å². The molecule has 0 saturated carbocycles. The third kappa shape index (κ3) is 3.00. The van der Waals surface area contributed by atoms with Gasteiger partial charge in [0.05, 0.1) is 19.1 Å². The average Bonchev–Trinajstić information content (AvgIpc) is 2.19. The highest BCUT2D eigenvalue weighted by Gasteiger charge is 2.13. The van der Waals surface area contributed by atoms with Crippen LogP contribution in [-0.4, -0.2) is 22.8 Å². The van der Waals surface area contributed by atoms with E-state index >= 15 is 0 Å². The second kappa shape index (κ2) is 4.86. The zero-order valence-corrected chi connectivity index (χ0v) is 7.98. The third-order valence-electron chi connectivity index (χ3n) is 2.05. The summed E-state index contributed by atoms with van der Waals surface area (Å²) in [5.41, 5.74) is 6.29. The van der Waals surface area contributed by atoms with E-state index in [9.17, 15) is 9.18 Å². The largest absolute Gasteiger partial charge is 0.481 e. The van der Waals surface area contributed by atoms with E-state index in [1.807, 2.05) is 0 Å². The molecule has 1 aromatic carbocycles. The van der Waals surface area contributed by atoms with Crippen molar-refractivity contribution in [2.45, 2.75) is 12.5 Å². The summed E-state index contributed by atoms with van der Waals surface area (Å²) < 4.78 is 12.9. The lowest BCUT2D eigenvalue weighted by molar-refractivity contribution is -0.136. The molecule has 0 fully saturated rings. The number of hydrogen-bond acceptors (Lipinski definition) is 3. The summed E-state index contributed by atoms with van der Waals surface area (Å²) in [5, 5.41) is 17.5. The Morgan fingerprint density at radius 1 is 1.53 bits per heavy atom. The van der Waals surface area contributed by atoms with Crippen molar-refractivity contribution in [3.8, 4) is 0 Å². The van der Waals surface area contributed by atoms with Crippen molar-refractivity contribution in [1.29, 1.82) is 0 Å². The van der Waals surface area contributed by atoms with E-state index in [0.717, 1.165) is 6.07 Å². The Balaban J connectivity index is 3.08. The first kappa shape index (κ1) is 11.6. The van der Waals surface area contributed by atoms with Crippen molar-refractivity contribution in [1.82, 2.24) is 0 Å². The minimum atomic E-state index is -1.02. The van der Waals surface area contributed by atoms with Crippen LogP contribution in [0.25, 0.3) is 0 Å². The average molecular weight is 213 g/mol. The lowest BCUT2D eigenvalue weighted by atomic mass is 9.99. The van der Waals surface area contributed by atoms with Gasteiger partial charge >= 0.3 is 5.97 Å². The van der Waals surface area contributed by atoms with Crippen LogP contribution in [-0.2, 0) is 11.2 Å². The number of hydrogen-bond donors (Lipinski definition) is 3. The van der Waals surface area contributed by atoms with Gasteiger partial charge in [0.1, 0.15) is 5.82 Å². The summed E-state index contributed by atoms with van der Waals surface area (Å²) in [6, 6.07) is 2.94. The second-order valence-electron chi connectivity index (χ2n) is 3.20. The number of aliphatic carboxylic acids is 1. The van der Waals surface area contributed by atoms with Crippen molar-refractivity contribution in [3.63, 3.8) is 0 Å². The predicted octanol–water partition coefficient (Wildman–Crippen LogP) is 0.445. The monoisotopic (exact) mass is 213 g/mol. The Labute approximate surface area is 86.1 Å². The fourth-order valence-corrected chi connectivity index (χ4v) is 1.33. The summed E-state index contributed by atoms with van der Waals surface area (Å²) in [5.74, 6) is -1.52. The second-order valence-corrected chi connectivity index (χ2v) is 3.20. The molecule has 0 aliphatic heterocycles. The molecule has 0 aliphatic carbocycles. The Bertz CT molecular complexity index is 368. The fraction of sp³-hybridized carbons (Fsp3) is 0.300. The maximum atomic E-state index is 12.9. The first-order chi connectivity index (χ1) is 7.04. The van der Waals surface area contributed by atoms with Gasteiger partial charge in [0.2, 0.25) is 0 Å². The lowest BCUT2D eigenvalue weighted by Gasteiger charge is -2.13. The molecule has 0 heterocycles. The van der Waals surface area contributed by atoms with E-state index < -0.39 is 17.8 Å². The van der Waals surface area contributed by atoms with Crippen LogP contribution >= 0.6 is 0 Å². The Morgan fingerprint density at radius 3 is 2.73 bits per heavy atom. The quantitative estimate of drug-likeness (QED) is 0.677. The number of nitrogens with two attached hydrogens (primary N) is 1. The molecule has 1 aromatic rings. The minimum absolute atomic E-state index is 0.233. The summed E-state index contributed by atoms with van der Waals surface area (Å²) in [4.78, 5) is 10.5. The van der Waals surface area contributed by atoms with Crippen molar-refractivity contribution < 1.29 is 19.4 Å². The minimum Gasteiger partial charge on any atom is -0.481 e. The zero-order chi connectivity index (χ0) is 11.4. The maximum Gasteiger partial charge on any atom is 0.307 e. The van der Waals surface area contributed by atoms with Crippen LogP contribution in [0.4, 0.5) is 4.39 Å². The molecule has 1 rings (SSSR count). The molecule has 0 saturated heterocycles. The SMILES string of the molecule is N[C@@H](CO)c1cc(F)ccc1CC(=O)O. The zero-order valence-electron chi connectivity index (χ0n) is 7.98. The number of aliphatic hydroxyl groups is 1. The van der Waals surface area contributed by atoms with Crippen LogP contribution in [0.5, 0.6) is 0 Å². The third-order valence-corrected chi connectivity index (χ3v) is 2.05. The van der Waals surface area contributed by atoms with Gasteiger partial charge in [-0.05, 0) is 23.3 Å². The van der Waals surface area contributed by atoms with Gasteiger partial charge < -0.3 is 15.9 Å². The first-order valence-corrected chi connectivity index (χ1v) is 4.41. The molecule has 0 unspecified atom stereocenters. The maximum absolute atomic E-state index is 12.9. The Hall–Kier alpha value is -1.46. The standard InChI is InChI=1S/C10H12FNO3/c11-7-2-1-6(3-10(14)15)8(4-7)9(12)5-13/h1-2,4,9,13H,3,5,12H2,(H,14,15)/t9-/m0/s1. The lowest BCUT2D eigenvalue weighted by Crippen LogP contribution is -2.18. The normalized spacial score (nSPS) is 12.5. The summed E-state index contributed by atoms with van der Waals surface area (Å²) in [7, 11) is 0. The molecular weight excluding hydrogens is 201 g/mol. The highest BCUT2D eigenvalue weighted by atomic mass is 19.1. The molecule has 0 radical (unpaired) electrons. The number of carbonyl (C=O) groups is 1. The number of rotatable bonds is 4. The number of halogens is 1. The predicted molar refractivity (Wildman–Crippen MR) is 51.8 cm³/mol. The molecule has 1 atom stereocenters. The molecule has 0 spiro atoms. The molecule has 0 aliphatic rings. The van der Waals surface area contributed by atoms with Gasteiger partial charge in [-0.3, -0.25) is 4.79 Å². The number of aliphatic hydroxyl groups excluding tert-OH is 1. The van der Waals surface area contributed by atoms with Crippen LogP contribution in [0.3, 0.4) is 0 Å². The molecule has 0 bridgehead atoms. The molecular formula is C10H12FNO3. The van der Waals surface area contributed by atoms with Crippen LogP contribution < -0.4 is 5.73 Å². The number of benzene rings is 1. The van der Waals surface area contributed by atoms with Crippen LogP contribution in [0.1, 0.15) is 17.2 Å². The topological polar surface area (TPSA) is 83.5 Å². The van der Waals surface area contributed by atoms with Gasteiger partial charge in [-0.2, -0.15) is 0 Å². The van der Waals surface area contributed by atoms with Crippen molar-refractivity contribution in [2.24, 2.45) is 5.73 Å². The number of carboxylic acids is 1. The van der Waals surface area contributed by atoms with E-state index in [4.69, 9.17) is 15.9 Å².